The molecule has 0 bridgehead atoms. The quantitative estimate of drug-likeness (QED) is 0.253. The number of fused-ring (bicyclic) bond motifs is 1. The Morgan fingerprint density at radius 2 is 1.51 bits per heavy atom. The molecule has 0 aromatic heterocycles. The molecule has 226 valence electrons. The molecular weight excluding hydrogens is 544 g/mol. The summed E-state index contributed by atoms with van der Waals surface area (Å²) in [6.07, 6.45) is -2.70. The maximum atomic E-state index is 11.2. The number of aromatic hydroxyl groups is 2. The van der Waals surface area contributed by atoms with E-state index in [4.69, 9.17) is 0 Å². The van der Waals surface area contributed by atoms with Crippen molar-refractivity contribution in [3.8, 4) is 11.5 Å². The number of hydrogen-bond acceptors (Lipinski definition) is 9. The molecule has 12 atom stereocenters. The molecule has 5 rings (SSSR count). The number of rotatable bonds is 6. The number of aliphatic hydroxyl groups excluding tert-OH is 6. The number of thioether (sulfide) groups is 1. The lowest BCUT2D eigenvalue weighted by Crippen LogP contribution is -2.54. The van der Waals surface area contributed by atoms with E-state index in [1.165, 1.54) is 11.8 Å². The van der Waals surface area contributed by atoms with Crippen molar-refractivity contribution >= 4 is 11.8 Å². The largest absolute Gasteiger partial charge is 0.508 e. The van der Waals surface area contributed by atoms with Crippen LogP contribution in [0, 0.1) is 17.8 Å². The topological polar surface area (TPSA) is 162 Å². The first kappa shape index (κ1) is 30.6. The van der Waals surface area contributed by atoms with Gasteiger partial charge in [-0.3, -0.25) is 0 Å². The normalized spacial score (nSPS) is 39.3. The molecule has 0 radical (unpaired) electrons. The Morgan fingerprint density at radius 3 is 2.20 bits per heavy atom. The van der Waals surface area contributed by atoms with Crippen molar-refractivity contribution in [2.75, 3.05) is 6.61 Å². The molecule has 0 aliphatic heterocycles. The second-order valence-electron chi connectivity index (χ2n) is 12.7. The van der Waals surface area contributed by atoms with Gasteiger partial charge in [0.05, 0.1) is 24.4 Å². The van der Waals surface area contributed by atoms with Crippen LogP contribution in [-0.2, 0) is 12.8 Å². The van der Waals surface area contributed by atoms with Gasteiger partial charge in [-0.05, 0) is 96.2 Å². The second kappa shape index (κ2) is 12.4. The van der Waals surface area contributed by atoms with Crippen LogP contribution in [-0.4, -0.2) is 88.5 Å². The molecule has 0 saturated heterocycles. The first-order chi connectivity index (χ1) is 19.5. The molecule has 2 fully saturated rings. The first-order valence-corrected chi connectivity index (χ1v) is 15.7. The van der Waals surface area contributed by atoms with Crippen LogP contribution in [0.1, 0.15) is 67.2 Å². The van der Waals surface area contributed by atoms with E-state index in [0.717, 1.165) is 35.1 Å². The zero-order valence-corrected chi connectivity index (χ0v) is 24.4. The lowest BCUT2D eigenvalue weighted by atomic mass is 9.72. The highest BCUT2D eigenvalue weighted by Crippen LogP contribution is 2.47. The minimum Gasteiger partial charge on any atom is -0.508 e. The molecule has 2 aromatic carbocycles. The van der Waals surface area contributed by atoms with Crippen LogP contribution >= 0.6 is 11.8 Å². The predicted octanol–water partition coefficient (Wildman–Crippen LogP) is 2.42. The maximum absolute atomic E-state index is 11.2. The Balaban J connectivity index is 1.41. The van der Waals surface area contributed by atoms with E-state index < -0.39 is 41.7 Å². The van der Waals surface area contributed by atoms with E-state index in [1.807, 2.05) is 19.1 Å². The summed E-state index contributed by atoms with van der Waals surface area (Å²) in [5.41, 5.74) is 4.10. The van der Waals surface area contributed by atoms with Crippen LogP contribution in [0.2, 0.25) is 0 Å². The third-order valence-electron chi connectivity index (χ3n) is 9.91. The van der Waals surface area contributed by atoms with Crippen molar-refractivity contribution in [1.29, 1.82) is 0 Å². The summed E-state index contributed by atoms with van der Waals surface area (Å²) in [6.45, 7) is 3.69. The Labute approximate surface area is 245 Å². The standard InChI is InChI=1S/C32H44O8S/c1-15-7-19(18-3-5-23(34)6-4-18)11-20-8-17(10-24(35)27(15)20)9-21-12-22(14-33)29(38)31(40)32(21)41-26-13-25(36)30(39)28(37)16(26)2/h3-6,8,10,15-16,19,21-22,25-26,28-40H,7,9,11-14H2,1-2H3. The molecule has 0 heterocycles. The van der Waals surface area contributed by atoms with Crippen LogP contribution in [0.5, 0.6) is 11.5 Å². The molecule has 2 aromatic rings. The van der Waals surface area contributed by atoms with Crippen molar-refractivity contribution in [3.63, 3.8) is 0 Å². The molecule has 12 unspecified atom stereocenters. The van der Waals surface area contributed by atoms with Gasteiger partial charge in [0.25, 0.3) is 0 Å². The monoisotopic (exact) mass is 588 g/mol. The number of aliphatic hydroxyl groups is 6. The van der Waals surface area contributed by atoms with Gasteiger partial charge in [-0.1, -0.05) is 32.0 Å². The Morgan fingerprint density at radius 1 is 0.805 bits per heavy atom. The van der Waals surface area contributed by atoms with E-state index >= 15 is 0 Å². The fraction of sp³-hybridized carbons (Fsp3) is 0.625. The molecule has 3 aliphatic carbocycles. The Bertz CT molecular complexity index is 1190. The number of phenols is 2. The average molecular weight is 589 g/mol. The van der Waals surface area contributed by atoms with Crippen LogP contribution < -0.4 is 0 Å². The summed E-state index contributed by atoms with van der Waals surface area (Å²) in [5.74, 6) is -0.0633. The molecule has 8 N–H and O–H groups in total. The van der Waals surface area contributed by atoms with E-state index in [2.05, 4.69) is 13.0 Å². The third-order valence-corrected chi connectivity index (χ3v) is 11.9. The fourth-order valence-corrected chi connectivity index (χ4v) is 9.41. The highest BCUT2D eigenvalue weighted by Gasteiger charge is 2.48. The molecule has 0 spiro atoms. The Kier molecular flexibility index (Phi) is 9.26. The third kappa shape index (κ3) is 6.13. The number of hydrogen-bond donors (Lipinski definition) is 8. The van der Waals surface area contributed by atoms with Gasteiger partial charge in [0.2, 0.25) is 0 Å². The Hall–Kier alpha value is -1.85. The number of phenolic OH excluding ortho intramolecular Hbond substituents is 2. The minimum atomic E-state index is -1.22. The van der Waals surface area contributed by atoms with Crippen LogP contribution in [0.15, 0.2) is 36.4 Å². The lowest BCUT2D eigenvalue weighted by molar-refractivity contribution is -0.104. The van der Waals surface area contributed by atoms with Crippen molar-refractivity contribution in [2.24, 2.45) is 17.8 Å². The molecule has 41 heavy (non-hydrogen) atoms. The van der Waals surface area contributed by atoms with E-state index in [-0.39, 0.29) is 53.4 Å². The summed E-state index contributed by atoms with van der Waals surface area (Å²) >= 11 is 1.44. The second-order valence-corrected chi connectivity index (χ2v) is 14.1. The van der Waals surface area contributed by atoms with Crippen molar-refractivity contribution in [1.82, 2.24) is 0 Å². The van der Waals surface area contributed by atoms with Crippen LogP contribution in [0.3, 0.4) is 0 Å². The van der Waals surface area contributed by atoms with E-state index in [0.29, 0.717) is 12.8 Å². The van der Waals surface area contributed by atoms with Gasteiger partial charge in [0.1, 0.15) is 17.6 Å². The zero-order valence-electron chi connectivity index (χ0n) is 23.6. The SMILES string of the molecule is CC1CC(c2ccc(O)cc2)Cc2cc(CC3CC(CO)C(O)C(O)C3SC3CC(O)C(O)C(O)C3C)cc(O)c21. The van der Waals surface area contributed by atoms with Gasteiger partial charge < -0.3 is 40.9 Å². The first-order valence-electron chi connectivity index (χ1n) is 14.8. The molecule has 3 aliphatic rings. The van der Waals surface area contributed by atoms with Gasteiger partial charge in [-0.25, -0.2) is 0 Å². The molecule has 2 saturated carbocycles. The molecule has 0 amide bonds. The highest BCUT2D eigenvalue weighted by atomic mass is 32.2. The number of benzene rings is 2. The fourth-order valence-electron chi connectivity index (χ4n) is 7.53. The van der Waals surface area contributed by atoms with Crippen molar-refractivity contribution in [2.45, 2.75) is 98.8 Å². The highest BCUT2D eigenvalue weighted by molar-refractivity contribution is 8.00. The van der Waals surface area contributed by atoms with Crippen molar-refractivity contribution in [3.05, 3.63) is 58.7 Å². The van der Waals surface area contributed by atoms with Crippen molar-refractivity contribution < 1.29 is 40.9 Å². The van der Waals surface area contributed by atoms with E-state index in [9.17, 15) is 40.9 Å². The zero-order chi connectivity index (χ0) is 29.6. The van der Waals surface area contributed by atoms with Crippen LogP contribution in [0.4, 0.5) is 0 Å². The summed E-state index contributed by atoms with van der Waals surface area (Å²) in [6, 6.07) is 11.2. The minimum absolute atomic E-state index is 0.143. The molecule has 8 nitrogen and oxygen atoms in total. The van der Waals surface area contributed by atoms with Gasteiger partial charge in [-0.15, -0.1) is 0 Å². The molecule has 9 heteroatoms. The van der Waals surface area contributed by atoms with Gasteiger partial charge in [0.15, 0.2) is 0 Å². The van der Waals surface area contributed by atoms with Crippen LogP contribution in [0.25, 0.3) is 0 Å². The van der Waals surface area contributed by atoms with Gasteiger partial charge in [-0.2, -0.15) is 11.8 Å². The smallest absolute Gasteiger partial charge is 0.119 e. The van der Waals surface area contributed by atoms with Gasteiger partial charge >= 0.3 is 0 Å². The summed E-state index contributed by atoms with van der Waals surface area (Å²) in [5, 5.41) is 83.1. The maximum Gasteiger partial charge on any atom is 0.119 e. The lowest BCUT2D eigenvalue weighted by Gasteiger charge is -2.46. The summed E-state index contributed by atoms with van der Waals surface area (Å²) in [7, 11) is 0. The van der Waals surface area contributed by atoms with Gasteiger partial charge in [0, 0.05) is 23.0 Å². The van der Waals surface area contributed by atoms with E-state index in [1.54, 1.807) is 18.2 Å². The average Bonchev–Trinajstić information content (AvgIpc) is 2.94. The predicted molar refractivity (Wildman–Crippen MR) is 157 cm³/mol. The summed E-state index contributed by atoms with van der Waals surface area (Å²) in [4.78, 5) is 0. The molecular formula is C32H44O8S. The summed E-state index contributed by atoms with van der Waals surface area (Å²) < 4.78 is 0.